The van der Waals surface area contributed by atoms with E-state index in [1.807, 2.05) is 32.2 Å². The van der Waals surface area contributed by atoms with Gasteiger partial charge in [-0.3, -0.25) is 4.79 Å². The lowest BCUT2D eigenvalue weighted by Gasteiger charge is -2.31. The van der Waals surface area contributed by atoms with Gasteiger partial charge in [-0.15, -0.1) is 0 Å². The quantitative estimate of drug-likeness (QED) is 0.744. The first kappa shape index (κ1) is 18.0. The first-order valence-electron chi connectivity index (χ1n) is 8.96. The SMILES string of the molecule is CC(C)C(=O)c1cnn2cc(CCCN3CCC(F)(F)CC3)ccc12. The second-order valence-electron chi connectivity index (χ2n) is 7.25. The van der Waals surface area contributed by atoms with Gasteiger partial charge in [-0.1, -0.05) is 19.9 Å². The Morgan fingerprint density at radius 1 is 1.28 bits per heavy atom. The molecule has 3 heterocycles. The van der Waals surface area contributed by atoms with Crippen LogP contribution in [0.2, 0.25) is 0 Å². The van der Waals surface area contributed by atoms with E-state index in [4.69, 9.17) is 0 Å². The number of hydrogen-bond donors (Lipinski definition) is 0. The second-order valence-corrected chi connectivity index (χ2v) is 7.25. The molecule has 0 saturated carbocycles. The number of carbonyl (C=O) groups is 1. The van der Waals surface area contributed by atoms with E-state index in [0.717, 1.165) is 30.5 Å². The Kier molecular flexibility index (Phi) is 5.18. The topological polar surface area (TPSA) is 37.6 Å². The molecule has 1 fully saturated rings. The molecule has 2 aromatic rings. The Bertz CT molecular complexity index is 744. The zero-order chi connectivity index (χ0) is 18.0. The third-order valence-corrected chi connectivity index (χ3v) is 4.89. The van der Waals surface area contributed by atoms with E-state index in [1.54, 1.807) is 10.7 Å². The number of ketones is 1. The number of aryl methyl sites for hydroxylation is 1. The fraction of sp³-hybridized carbons (Fsp3) is 0.579. The molecule has 3 rings (SSSR count). The summed E-state index contributed by atoms with van der Waals surface area (Å²) < 4.78 is 28.1. The van der Waals surface area contributed by atoms with Crippen molar-refractivity contribution in [2.24, 2.45) is 5.92 Å². The number of carbonyl (C=O) groups excluding carboxylic acids is 1. The highest BCUT2D eigenvalue weighted by atomic mass is 19.3. The van der Waals surface area contributed by atoms with E-state index in [9.17, 15) is 13.6 Å². The molecule has 0 atom stereocenters. The lowest BCUT2D eigenvalue weighted by atomic mass is 10.0. The molecular formula is C19H25F2N3O. The maximum Gasteiger partial charge on any atom is 0.250 e. The molecule has 1 saturated heterocycles. The first-order valence-corrected chi connectivity index (χ1v) is 8.96. The van der Waals surface area contributed by atoms with Crippen molar-refractivity contribution < 1.29 is 13.6 Å². The van der Waals surface area contributed by atoms with Crippen LogP contribution in [0.1, 0.15) is 49.0 Å². The van der Waals surface area contributed by atoms with Gasteiger partial charge in [-0.2, -0.15) is 5.10 Å². The molecule has 1 aliphatic heterocycles. The molecule has 0 N–H and O–H groups in total. The third-order valence-electron chi connectivity index (χ3n) is 4.89. The van der Waals surface area contributed by atoms with Crippen LogP contribution in [-0.2, 0) is 6.42 Å². The van der Waals surface area contributed by atoms with Crippen LogP contribution in [0.5, 0.6) is 0 Å². The molecule has 1 aliphatic rings. The number of halogens is 2. The van der Waals surface area contributed by atoms with Crippen LogP contribution in [0.3, 0.4) is 0 Å². The smallest absolute Gasteiger partial charge is 0.250 e. The predicted molar refractivity (Wildman–Crippen MR) is 93.3 cm³/mol. The average Bonchev–Trinajstić information content (AvgIpc) is 2.98. The summed E-state index contributed by atoms with van der Waals surface area (Å²) in [6, 6.07) is 3.97. The minimum atomic E-state index is -2.48. The van der Waals surface area contributed by atoms with Crippen molar-refractivity contribution >= 4 is 11.3 Å². The molecule has 0 aliphatic carbocycles. The maximum atomic E-state index is 13.2. The van der Waals surface area contributed by atoms with Crippen LogP contribution in [0.4, 0.5) is 8.78 Å². The number of hydrogen-bond acceptors (Lipinski definition) is 3. The number of aromatic nitrogens is 2. The lowest BCUT2D eigenvalue weighted by molar-refractivity contribution is -0.0551. The van der Waals surface area contributed by atoms with E-state index in [1.165, 1.54) is 0 Å². The minimum absolute atomic E-state index is 0.0289. The van der Waals surface area contributed by atoms with Crippen LogP contribution >= 0.6 is 0 Å². The van der Waals surface area contributed by atoms with Gasteiger partial charge < -0.3 is 4.90 Å². The fourth-order valence-corrected chi connectivity index (χ4v) is 3.29. The number of fused-ring (bicyclic) bond motifs is 1. The van der Waals surface area contributed by atoms with E-state index >= 15 is 0 Å². The number of Topliss-reactive ketones (excluding diaryl/α,β-unsaturated/α-hetero) is 1. The Balaban J connectivity index is 1.57. The zero-order valence-electron chi connectivity index (χ0n) is 14.8. The van der Waals surface area contributed by atoms with Crippen molar-refractivity contribution in [2.75, 3.05) is 19.6 Å². The van der Waals surface area contributed by atoms with Crippen LogP contribution in [-0.4, -0.2) is 45.9 Å². The van der Waals surface area contributed by atoms with Crippen LogP contribution in [0, 0.1) is 5.92 Å². The van der Waals surface area contributed by atoms with Gasteiger partial charge in [0.15, 0.2) is 5.78 Å². The summed E-state index contributed by atoms with van der Waals surface area (Å²) in [6.07, 6.45) is 5.33. The normalized spacial score (nSPS) is 18.1. The number of likely N-dealkylation sites (tertiary alicyclic amines) is 1. The highest BCUT2D eigenvalue weighted by Gasteiger charge is 2.33. The van der Waals surface area contributed by atoms with Crippen molar-refractivity contribution in [3.05, 3.63) is 35.7 Å². The lowest BCUT2D eigenvalue weighted by Crippen LogP contribution is -2.39. The molecule has 0 unspecified atom stereocenters. The molecule has 0 spiro atoms. The van der Waals surface area contributed by atoms with Crippen molar-refractivity contribution in [1.29, 1.82) is 0 Å². The molecule has 0 amide bonds. The average molecular weight is 349 g/mol. The summed E-state index contributed by atoms with van der Waals surface area (Å²) in [6.45, 7) is 5.56. The summed E-state index contributed by atoms with van der Waals surface area (Å²) in [5.41, 5.74) is 2.64. The molecule has 6 heteroatoms. The summed E-state index contributed by atoms with van der Waals surface area (Å²) in [4.78, 5) is 14.3. The van der Waals surface area contributed by atoms with E-state index in [2.05, 4.69) is 10.00 Å². The van der Waals surface area contributed by atoms with E-state index < -0.39 is 5.92 Å². The largest absolute Gasteiger partial charge is 0.303 e. The molecule has 4 nitrogen and oxygen atoms in total. The van der Waals surface area contributed by atoms with E-state index in [0.29, 0.717) is 18.7 Å². The number of pyridine rings is 1. The van der Waals surface area contributed by atoms with E-state index in [-0.39, 0.29) is 24.5 Å². The Labute approximate surface area is 146 Å². The molecular weight excluding hydrogens is 324 g/mol. The summed E-state index contributed by atoms with van der Waals surface area (Å²) in [7, 11) is 0. The van der Waals surface area contributed by atoms with Gasteiger partial charge in [0.05, 0.1) is 17.3 Å². The minimum Gasteiger partial charge on any atom is -0.303 e. The zero-order valence-corrected chi connectivity index (χ0v) is 14.8. The van der Waals surface area contributed by atoms with Gasteiger partial charge in [0, 0.05) is 38.0 Å². The van der Waals surface area contributed by atoms with Crippen molar-refractivity contribution in [1.82, 2.24) is 14.5 Å². The van der Waals surface area contributed by atoms with Crippen LogP contribution < -0.4 is 0 Å². The second kappa shape index (κ2) is 7.20. The number of piperidine rings is 1. The van der Waals surface area contributed by atoms with Gasteiger partial charge >= 0.3 is 0 Å². The Morgan fingerprint density at radius 2 is 2.00 bits per heavy atom. The summed E-state index contributed by atoms with van der Waals surface area (Å²) >= 11 is 0. The van der Waals surface area contributed by atoms with Crippen LogP contribution in [0.25, 0.3) is 5.52 Å². The van der Waals surface area contributed by atoms with Crippen molar-refractivity contribution in [3.8, 4) is 0 Å². The highest BCUT2D eigenvalue weighted by Crippen LogP contribution is 2.27. The number of rotatable bonds is 6. The maximum absolute atomic E-state index is 13.2. The van der Waals surface area contributed by atoms with Gasteiger partial charge in [0.2, 0.25) is 0 Å². The molecule has 2 aromatic heterocycles. The molecule has 25 heavy (non-hydrogen) atoms. The number of nitrogens with zero attached hydrogens (tertiary/aromatic N) is 3. The Hall–Kier alpha value is -1.82. The fourth-order valence-electron chi connectivity index (χ4n) is 3.29. The molecule has 0 radical (unpaired) electrons. The first-order chi connectivity index (χ1) is 11.9. The van der Waals surface area contributed by atoms with Gasteiger partial charge in [-0.25, -0.2) is 13.3 Å². The van der Waals surface area contributed by atoms with Crippen molar-refractivity contribution in [3.63, 3.8) is 0 Å². The van der Waals surface area contributed by atoms with Gasteiger partial charge in [0.1, 0.15) is 0 Å². The predicted octanol–water partition coefficient (Wildman–Crippen LogP) is 3.84. The Morgan fingerprint density at radius 3 is 2.68 bits per heavy atom. The summed E-state index contributed by atoms with van der Waals surface area (Å²) in [5.74, 6) is -2.43. The van der Waals surface area contributed by atoms with Crippen LogP contribution in [0.15, 0.2) is 24.5 Å². The molecule has 0 aromatic carbocycles. The van der Waals surface area contributed by atoms with Gasteiger partial charge in [0.25, 0.3) is 5.92 Å². The van der Waals surface area contributed by atoms with Crippen molar-refractivity contribution in [2.45, 2.75) is 45.5 Å². The standard InChI is InChI=1S/C19H25F2N3O/c1-14(2)18(25)16-12-22-24-13-15(5-6-17(16)24)4-3-9-23-10-7-19(20,21)8-11-23/h5-6,12-14H,3-4,7-11H2,1-2H3. The third kappa shape index (κ3) is 4.24. The monoisotopic (exact) mass is 349 g/mol. The molecule has 0 bridgehead atoms. The highest BCUT2D eigenvalue weighted by molar-refractivity contribution is 6.03. The summed E-state index contributed by atoms with van der Waals surface area (Å²) in [5, 5.41) is 4.30. The molecule has 136 valence electrons. The van der Waals surface area contributed by atoms with Gasteiger partial charge in [-0.05, 0) is 31.0 Å². The number of alkyl halides is 2.